The molecule has 202 valence electrons. The molecule has 2 N–H and O–H groups in total. The molecule has 1 aliphatic rings. The van der Waals surface area contributed by atoms with Crippen molar-refractivity contribution in [2.75, 3.05) is 10.8 Å². The van der Waals surface area contributed by atoms with E-state index in [1.807, 2.05) is 0 Å². The summed E-state index contributed by atoms with van der Waals surface area (Å²) < 4.78 is 77.7. The number of aryl methyl sites for hydroxylation is 1. The highest BCUT2D eigenvalue weighted by Gasteiger charge is 2.53. The number of benzene rings is 2. The summed E-state index contributed by atoms with van der Waals surface area (Å²) in [5.41, 5.74) is -5.54. The molecule has 0 aliphatic carbocycles. The first-order valence-electron chi connectivity index (χ1n) is 11.1. The number of aromatic nitrogens is 2. The van der Waals surface area contributed by atoms with Crippen LogP contribution in [0.5, 0.6) is 0 Å². The second-order valence-corrected chi connectivity index (χ2v) is 10.3. The number of nitriles is 1. The number of anilines is 1. The Labute approximate surface area is 219 Å². The van der Waals surface area contributed by atoms with Gasteiger partial charge in [-0.15, -0.1) is 0 Å². The van der Waals surface area contributed by atoms with Crippen molar-refractivity contribution in [3.63, 3.8) is 0 Å². The molecule has 2 amide bonds. The quantitative estimate of drug-likeness (QED) is 0.440. The molecular weight excluding hydrogens is 544 g/mol. The van der Waals surface area contributed by atoms with Crippen molar-refractivity contribution in [2.45, 2.75) is 25.0 Å². The van der Waals surface area contributed by atoms with Gasteiger partial charge >= 0.3 is 15.5 Å². The fourth-order valence-corrected chi connectivity index (χ4v) is 4.90. The minimum absolute atomic E-state index is 0.0387. The van der Waals surface area contributed by atoms with Gasteiger partial charge in [0.1, 0.15) is 23.5 Å². The lowest BCUT2D eigenvalue weighted by molar-refractivity contribution is -0.0438. The minimum atomic E-state index is -5.83. The van der Waals surface area contributed by atoms with E-state index in [-0.39, 0.29) is 33.4 Å². The molecule has 10 nitrogen and oxygen atoms in total. The standard InChI is InChI=1S/C24H18F4N6O4S/c1-13-6-15(3-5-17(13)25)10-30-22(35)18-8-19(32-12-31-18)23(36)33-20-11-34(39(37,38)24(26,27)28)21-7-14(9-29)2-4-16(20)21/h2-8,12,20H,10-11H2,1H3,(H,30,35)(H,33,36). The molecule has 2 aromatic carbocycles. The Balaban J connectivity index is 1.52. The van der Waals surface area contributed by atoms with Crippen LogP contribution in [0, 0.1) is 24.1 Å². The van der Waals surface area contributed by atoms with Crippen molar-refractivity contribution >= 4 is 27.5 Å². The summed E-state index contributed by atoms with van der Waals surface area (Å²) in [5.74, 6) is -1.98. The molecule has 0 radical (unpaired) electrons. The number of alkyl halides is 3. The van der Waals surface area contributed by atoms with Crippen LogP contribution in [0.4, 0.5) is 23.2 Å². The average molecular weight is 563 g/mol. The molecule has 0 spiro atoms. The third kappa shape index (κ3) is 5.50. The minimum Gasteiger partial charge on any atom is -0.347 e. The molecule has 2 heterocycles. The monoisotopic (exact) mass is 562 g/mol. The first kappa shape index (κ1) is 27.5. The SMILES string of the molecule is Cc1cc(CNC(=O)c2cc(C(=O)NC3CN(S(=O)(=O)C(F)(F)F)c4cc(C#N)ccc43)ncn2)ccc1F. The number of nitrogens with zero attached hydrogens (tertiary/aromatic N) is 4. The Hall–Kier alpha value is -4.58. The molecule has 1 aromatic heterocycles. The zero-order valence-electron chi connectivity index (χ0n) is 20.0. The van der Waals surface area contributed by atoms with Gasteiger partial charge in [0, 0.05) is 18.2 Å². The molecule has 0 bridgehead atoms. The van der Waals surface area contributed by atoms with Crippen molar-refractivity contribution in [1.82, 2.24) is 20.6 Å². The van der Waals surface area contributed by atoms with Crippen LogP contribution < -0.4 is 14.9 Å². The summed E-state index contributed by atoms with van der Waals surface area (Å²) in [6, 6.07) is 9.38. The van der Waals surface area contributed by atoms with E-state index in [9.17, 15) is 35.6 Å². The Morgan fingerprint density at radius 1 is 1.10 bits per heavy atom. The molecule has 3 aromatic rings. The lowest BCUT2D eigenvalue weighted by Crippen LogP contribution is -2.42. The second-order valence-electron chi connectivity index (χ2n) is 8.45. The van der Waals surface area contributed by atoms with Gasteiger partial charge in [0.25, 0.3) is 11.8 Å². The zero-order valence-corrected chi connectivity index (χ0v) is 20.8. The number of rotatable bonds is 6. The van der Waals surface area contributed by atoms with E-state index in [4.69, 9.17) is 5.26 Å². The van der Waals surface area contributed by atoms with Crippen LogP contribution in [0.1, 0.15) is 49.3 Å². The van der Waals surface area contributed by atoms with Crippen LogP contribution >= 0.6 is 0 Å². The fourth-order valence-electron chi connectivity index (χ4n) is 3.89. The van der Waals surface area contributed by atoms with Crippen LogP contribution in [0.15, 0.2) is 48.8 Å². The maximum Gasteiger partial charge on any atom is 0.516 e. The van der Waals surface area contributed by atoms with E-state index in [2.05, 4.69) is 20.6 Å². The molecule has 1 unspecified atom stereocenters. The Morgan fingerprint density at radius 3 is 2.44 bits per heavy atom. The first-order valence-corrected chi connectivity index (χ1v) is 12.5. The lowest BCUT2D eigenvalue weighted by Gasteiger charge is -2.21. The molecule has 1 aliphatic heterocycles. The van der Waals surface area contributed by atoms with Crippen molar-refractivity contribution in [2.24, 2.45) is 0 Å². The van der Waals surface area contributed by atoms with E-state index < -0.39 is 51.4 Å². The van der Waals surface area contributed by atoms with Crippen LogP contribution in [0.2, 0.25) is 0 Å². The predicted octanol–water partition coefficient (Wildman–Crippen LogP) is 2.87. The largest absolute Gasteiger partial charge is 0.516 e. The lowest BCUT2D eigenvalue weighted by atomic mass is 10.1. The summed E-state index contributed by atoms with van der Waals surface area (Å²) >= 11 is 0. The van der Waals surface area contributed by atoms with Gasteiger partial charge in [-0.3, -0.25) is 13.9 Å². The number of carbonyl (C=O) groups is 2. The predicted molar refractivity (Wildman–Crippen MR) is 128 cm³/mol. The molecule has 1 atom stereocenters. The van der Waals surface area contributed by atoms with Crippen molar-refractivity contribution in [1.29, 1.82) is 5.26 Å². The number of amides is 2. The summed E-state index contributed by atoms with van der Waals surface area (Å²) in [4.78, 5) is 33.1. The van der Waals surface area contributed by atoms with E-state index >= 15 is 0 Å². The first-order chi connectivity index (χ1) is 18.3. The third-order valence-electron chi connectivity index (χ3n) is 5.85. The van der Waals surface area contributed by atoms with Gasteiger partial charge < -0.3 is 10.6 Å². The highest BCUT2D eigenvalue weighted by Crippen LogP contribution is 2.41. The van der Waals surface area contributed by atoms with E-state index in [0.717, 1.165) is 18.5 Å². The second kappa shape index (κ2) is 10.3. The van der Waals surface area contributed by atoms with Crippen molar-refractivity contribution < 1.29 is 35.6 Å². The van der Waals surface area contributed by atoms with E-state index in [1.54, 1.807) is 19.1 Å². The van der Waals surface area contributed by atoms with Crippen LogP contribution in [-0.4, -0.2) is 42.3 Å². The maximum absolute atomic E-state index is 13.4. The number of hydrogen-bond acceptors (Lipinski definition) is 7. The molecule has 39 heavy (non-hydrogen) atoms. The number of nitrogens with one attached hydrogen (secondary N) is 2. The van der Waals surface area contributed by atoms with Crippen LogP contribution in [0.3, 0.4) is 0 Å². The van der Waals surface area contributed by atoms with Crippen molar-refractivity contribution in [3.8, 4) is 6.07 Å². The molecule has 4 rings (SSSR count). The number of carbonyl (C=O) groups excluding carboxylic acids is 2. The normalized spacial score (nSPS) is 14.9. The highest BCUT2D eigenvalue weighted by atomic mass is 32.2. The summed E-state index contributed by atoms with van der Waals surface area (Å²) in [6.07, 6.45) is 0.939. The summed E-state index contributed by atoms with van der Waals surface area (Å²) in [5, 5.41) is 14.1. The van der Waals surface area contributed by atoms with Crippen LogP contribution in [0.25, 0.3) is 0 Å². The number of halogens is 4. The smallest absolute Gasteiger partial charge is 0.347 e. The van der Waals surface area contributed by atoms with Gasteiger partial charge in [0.15, 0.2) is 0 Å². The number of sulfonamides is 1. The molecular formula is C24H18F4N6O4S. The topological polar surface area (TPSA) is 145 Å². The Kier molecular flexibility index (Phi) is 7.25. The van der Waals surface area contributed by atoms with Gasteiger partial charge in [-0.2, -0.15) is 26.9 Å². The maximum atomic E-state index is 13.4. The van der Waals surface area contributed by atoms with Gasteiger partial charge in [-0.1, -0.05) is 18.2 Å². The Morgan fingerprint density at radius 2 is 1.79 bits per heavy atom. The number of hydrogen-bond donors (Lipinski definition) is 2. The molecule has 15 heteroatoms. The van der Waals surface area contributed by atoms with Gasteiger partial charge in [0.2, 0.25) is 0 Å². The van der Waals surface area contributed by atoms with Gasteiger partial charge in [-0.05, 0) is 36.2 Å². The van der Waals surface area contributed by atoms with Crippen LogP contribution in [-0.2, 0) is 16.6 Å². The summed E-state index contributed by atoms with van der Waals surface area (Å²) in [7, 11) is -5.83. The third-order valence-corrected chi connectivity index (χ3v) is 7.36. The van der Waals surface area contributed by atoms with E-state index in [1.165, 1.54) is 24.3 Å². The molecule has 0 saturated carbocycles. The highest BCUT2D eigenvalue weighted by molar-refractivity contribution is 7.93. The van der Waals surface area contributed by atoms with Gasteiger partial charge in [0.05, 0.1) is 29.9 Å². The van der Waals surface area contributed by atoms with Crippen molar-refractivity contribution in [3.05, 3.63) is 88.3 Å². The molecule has 0 saturated heterocycles. The van der Waals surface area contributed by atoms with Gasteiger partial charge in [-0.25, -0.2) is 14.4 Å². The average Bonchev–Trinajstić information content (AvgIpc) is 3.26. The van der Waals surface area contributed by atoms with E-state index in [0.29, 0.717) is 11.1 Å². The fraction of sp³-hybridized carbons (Fsp3) is 0.208. The molecule has 0 fully saturated rings. The summed E-state index contributed by atoms with van der Waals surface area (Å²) in [6.45, 7) is 0.824. The zero-order chi connectivity index (χ0) is 28.5. The Bertz CT molecular complexity index is 1620. The number of fused-ring (bicyclic) bond motifs is 1.